The zero-order valence-corrected chi connectivity index (χ0v) is 13.1. The van der Waals surface area contributed by atoms with E-state index in [1.165, 1.54) is 6.26 Å². The Labute approximate surface area is 137 Å². The Morgan fingerprint density at radius 2 is 2.08 bits per heavy atom. The van der Waals surface area contributed by atoms with Crippen LogP contribution in [0, 0.1) is 6.92 Å². The summed E-state index contributed by atoms with van der Waals surface area (Å²) < 4.78 is 6.49. The Morgan fingerprint density at radius 3 is 2.83 bits per heavy atom. The van der Waals surface area contributed by atoms with Crippen molar-refractivity contribution in [3.05, 3.63) is 30.5 Å². The van der Waals surface area contributed by atoms with Crippen LogP contribution >= 0.6 is 0 Å². The predicted molar refractivity (Wildman–Crippen MR) is 84.8 cm³/mol. The second kappa shape index (κ2) is 5.80. The van der Waals surface area contributed by atoms with Gasteiger partial charge in [0.2, 0.25) is 0 Å². The fraction of sp³-hybridized carbons (Fsp3) is 0.357. The number of amides is 2. The summed E-state index contributed by atoms with van der Waals surface area (Å²) in [5.41, 5.74) is 0.719. The van der Waals surface area contributed by atoms with Crippen LogP contribution in [-0.2, 0) is 0 Å². The molecule has 2 amide bonds. The van der Waals surface area contributed by atoms with Gasteiger partial charge in [0.15, 0.2) is 17.3 Å². The maximum atomic E-state index is 12.2. The molecule has 1 aliphatic rings. The van der Waals surface area contributed by atoms with Crippen LogP contribution in [0.4, 0.5) is 16.4 Å². The molecule has 0 aromatic carbocycles. The van der Waals surface area contributed by atoms with Gasteiger partial charge in [0.25, 0.3) is 0 Å². The lowest BCUT2D eigenvalue weighted by Gasteiger charge is -2.35. The fourth-order valence-corrected chi connectivity index (χ4v) is 2.73. The number of aromatic nitrogens is 5. The van der Waals surface area contributed by atoms with Crippen molar-refractivity contribution in [2.75, 3.05) is 36.4 Å². The van der Waals surface area contributed by atoms with Gasteiger partial charge in [-0.15, -0.1) is 5.10 Å². The summed E-state index contributed by atoms with van der Waals surface area (Å²) in [5.74, 6) is 1.99. The lowest BCUT2D eigenvalue weighted by atomic mass is 10.3. The van der Waals surface area contributed by atoms with Crippen LogP contribution in [0.25, 0.3) is 5.65 Å². The van der Waals surface area contributed by atoms with E-state index >= 15 is 0 Å². The van der Waals surface area contributed by atoms with Crippen molar-refractivity contribution in [3.8, 4) is 0 Å². The topological polar surface area (TPSA) is 105 Å². The zero-order chi connectivity index (χ0) is 16.5. The number of hydrogen-bond donors (Lipinski definition) is 1. The average Bonchev–Trinajstić information content (AvgIpc) is 3.23. The van der Waals surface area contributed by atoms with E-state index in [4.69, 9.17) is 4.52 Å². The smallest absolute Gasteiger partial charge is 0.323 e. The van der Waals surface area contributed by atoms with Crippen LogP contribution in [0.5, 0.6) is 0 Å². The van der Waals surface area contributed by atoms with Gasteiger partial charge in [-0.05, 0) is 6.92 Å². The molecule has 1 N–H and O–H groups in total. The van der Waals surface area contributed by atoms with E-state index < -0.39 is 0 Å². The van der Waals surface area contributed by atoms with E-state index in [2.05, 4.69) is 30.4 Å². The van der Waals surface area contributed by atoms with Crippen molar-refractivity contribution in [1.82, 2.24) is 29.6 Å². The Bertz CT molecular complexity index is 851. The quantitative estimate of drug-likeness (QED) is 0.741. The Kier molecular flexibility index (Phi) is 3.48. The molecule has 0 atom stereocenters. The van der Waals surface area contributed by atoms with Gasteiger partial charge in [0.1, 0.15) is 12.1 Å². The van der Waals surface area contributed by atoms with E-state index in [1.54, 1.807) is 27.9 Å². The van der Waals surface area contributed by atoms with Crippen molar-refractivity contribution in [2.24, 2.45) is 0 Å². The highest BCUT2D eigenvalue weighted by Gasteiger charge is 2.23. The highest BCUT2D eigenvalue weighted by molar-refractivity contribution is 5.88. The van der Waals surface area contributed by atoms with Gasteiger partial charge >= 0.3 is 6.03 Å². The number of nitrogens with one attached hydrogen (secondary N) is 1. The number of hydrogen-bond acceptors (Lipinski definition) is 7. The third kappa shape index (κ3) is 2.62. The van der Waals surface area contributed by atoms with Gasteiger partial charge in [-0.1, -0.05) is 5.16 Å². The summed E-state index contributed by atoms with van der Waals surface area (Å²) in [6.07, 6.45) is 4.87. The second-order valence-corrected chi connectivity index (χ2v) is 5.48. The molecular formula is C14H16N8O2. The fourth-order valence-electron chi connectivity index (χ4n) is 2.73. The minimum atomic E-state index is -0.184. The Hall–Kier alpha value is -3.17. The highest BCUT2D eigenvalue weighted by atomic mass is 16.5. The normalized spacial score (nSPS) is 15.0. The summed E-state index contributed by atoms with van der Waals surface area (Å²) >= 11 is 0. The summed E-state index contributed by atoms with van der Waals surface area (Å²) in [4.78, 5) is 24.6. The molecule has 0 unspecified atom stereocenters. The Morgan fingerprint density at radius 1 is 1.25 bits per heavy atom. The first kappa shape index (κ1) is 14.4. The first-order valence-electron chi connectivity index (χ1n) is 7.59. The van der Waals surface area contributed by atoms with Gasteiger partial charge in [-0.25, -0.2) is 9.78 Å². The highest BCUT2D eigenvalue weighted by Crippen LogP contribution is 2.17. The lowest BCUT2D eigenvalue weighted by Crippen LogP contribution is -2.50. The van der Waals surface area contributed by atoms with E-state index in [0.29, 0.717) is 37.8 Å². The van der Waals surface area contributed by atoms with Crippen molar-refractivity contribution >= 4 is 23.3 Å². The van der Waals surface area contributed by atoms with Crippen LogP contribution in [0.15, 0.2) is 29.2 Å². The molecule has 3 aromatic rings. The minimum Gasteiger partial charge on any atom is -0.363 e. The molecule has 1 fully saturated rings. The first-order chi connectivity index (χ1) is 11.7. The minimum absolute atomic E-state index is 0.184. The number of urea groups is 1. The van der Waals surface area contributed by atoms with Crippen LogP contribution < -0.4 is 10.2 Å². The van der Waals surface area contributed by atoms with Gasteiger partial charge < -0.3 is 14.3 Å². The SMILES string of the molecule is Cc1nc2cncc(N3CCN(C(=O)Nc4ccon4)CC3)n2n1. The van der Waals surface area contributed by atoms with Crippen molar-refractivity contribution in [2.45, 2.75) is 6.92 Å². The molecule has 10 heteroatoms. The number of anilines is 2. The van der Waals surface area contributed by atoms with Crippen molar-refractivity contribution in [1.29, 1.82) is 0 Å². The molecule has 4 heterocycles. The molecule has 3 aromatic heterocycles. The number of carbonyl (C=O) groups is 1. The molecular weight excluding hydrogens is 312 g/mol. The molecule has 124 valence electrons. The molecule has 0 spiro atoms. The number of aryl methyl sites for hydroxylation is 1. The van der Waals surface area contributed by atoms with Gasteiger partial charge in [-0.2, -0.15) is 4.52 Å². The molecule has 0 saturated carbocycles. The van der Waals surface area contributed by atoms with Crippen LogP contribution in [0.3, 0.4) is 0 Å². The van der Waals surface area contributed by atoms with Gasteiger partial charge in [-0.3, -0.25) is 10.3 Å². The van der Waals surface area contributed by atoms with Crippen LogP contribution in [0.1, 0.15) is 5.82 Å². The van der Waals surface area contributed by atoms with E-state index in [-0.39, 0.29) is 6.03 Å². The average molecular weight is 328 g/mol. The third-order valence-corrected chi connectivity index (χ3v) is 3.90. The van der Waals surface area contributed by atoms with Crippen LogP contribution in [-0.4, -0.2) is 61.8 Å². The molecule has 24 heavy (non-hydrogen) atoms. The Balaban J connectivity index is 1.44. The lowest BCUT2D eigenvalue weighted by molar-refractivity contribution is 0.207. The molecule has 1 aliphatic heterocycles. The van der Waals surface area contributed by atoms with Gasteiger partial charge in [0.05, 0.1) is 12.4 Å². The maximum absolute atomic E-state index is 12.2. The standard InChI is InChI=1S/C14H16N8O2/c1-10-16-12-8-15-9-13(22(12)18-10)20-3-5-21(6-4-20)14(23)17-11-2-7-24-19-11/h2,7-9H,3-6H2,1H3,(H,17,19,23). The maximum Gasteiger partial charge on any atom is 0.323 e. The molecule has 0 radical (unpaired) electrons. The number of carbonyl (C=O) groups excluding carboxylic acids is 1. The summed E-state index contributed by atoms with van der Waals surface area (Å²) in [6, 6.07) is 1.42. The molecule has 10 nitrogen and oxygen atoms in total. The van der Waals surface area contributed by atoms with E-state index in [1.807, 2.05) is 6.92 Å². The van der Waals surface area contributed by atoms with E-state index in [0.717, 1.165) is 11.5 Å². The number of piperazine rings is 1. The molecule has 0 aliphatic carbocycles. The van der Waals surface area contributed by atoms with E-state index in [9.17, 15) is 4.79 Å². The second-order valence-electron chi connectivity index (χ2n) is 5.48. The zero-order valence-electron chi connectivity index (χ0n) is 13.1. The van der Waals surface area contributed by atoms with Crippen molar-refractivity contribution < 1.29 is 9.32 Å². The number of nitrogens with zero attached hydrogens (tertiary/aromatic N) is 7. The van der Waals surface area contributed by atoms with Gasteiger partial charge in [0, 0.05) is 32.2 Å². The number of rotatable bonds is 2. The third-order valence-electron chi connectivity index (χ3n) is 3.90. The predicted octanol–water partition coefficient (Wildman–Crippen LogP) is 0.775. The monoisotopic (exact) mass is 328 g/mol. The first-order valence-corrected chi connectivity index (χ1v) is 7.59. The largest absolute Gasteiger partial charge is 0.363 e. The number of fused-ring (bicyclic) bond motifs is 1. The molecule has 4 rings (SSSR count). The van der Waals surface area contributed by atoms with Crippen molar-refractivity contribution in [3.63, 3.8) is 0 Å². The molecule has 1 saturated heterocycles. The molecule has 0 bridgehead atoms. The summed E-state index contributed by atoms with van der Waals surface area (Å²) in [5, 5.41) is 10.8. The summed E-state index contributed by atoms with van der Waals surface area (Å²) in [7, 11) is 0. The van der Waals surface area contributed by atoms with Crippen LogP contribution in [0.2, 0.25) is 0 Å². The summed E-state index contributed by atoms with van der Waals surface area (Å²) in [6.45, 7) is 4.41.